The molecule has 0 aliphatic heterocycles. The van der Waals surface area contributed by atoms with Gasteiger partial charge >= 0.3 is 0 Å². The van der Waals surface area contributed by atoms with Gasteiger partial charge in [0.05, 0.1) is 28.0 Å². The van der Waals surface area contributed by atoms with Crippen molar-refractivity contribution >= 4 is 11.0 Å². The quantitative estimate of drug-likeness (QED) is 0.158. The van der Waals surface area contributed by atoms with Crippen LogP contribution in [0, 0.1) is 6.85 Å². The lowest BCUT2D eigenvalue weighted by atomic mass is 9.83. The highest BCUT2D eigenvalue weighted by atomic mass is 16.3. The van der Waals surface area contributed by atoms with Gasteiger partial charge in [-0.2, -0.15) is 0 Å². The van der Waals surface area contributed by atoms with Crippen molar-refractivity contribution in [1.29, 1.82) is 0 Å². The molecule has 1 unspecified atom stereocenters. The Labute approximate surface area is 371 Å². The standard InChI is InChI=1S/C58H53N3O/c1-37(2)49-34-46(58(5,6)7)35-50(56(49)62)57-60-55-48(27-19-29-54(55)61(57)53-28-18-17-26-47(53)41-22-13-9-14-23-41)44-31-43(39(4)40-20-11-8-12-21-40)32-45(33-44)52-30-38(3)51(36-59-52)42-24-15-10-16-25-42/h8-37,39,62H,1-7H3/i3D3,39D. The molecule has 62 heavy (non-hydrogen) atoms. The zero-order chi connectivity index (χ0) is 46.5. The summed E-state index contributed by atoms with van der Waals surface area (Å²) in [5.74, 6) is -0.372. The van der Waals surface area contributed by atoms with E-state index in [1.54, 1.807) is 12.3 Å². The van der Waals surface area contributed by atoms with Gasteiger partial charge in [-0.05, 0) is 99.1 Å². The number of fused-ring (bicyclic) bond motifs is 1. The van der Waals surface area contributed by atoms with Crippen LogP contribution < -0.4 is 0 Å². The topological polar surface area (TPSA) is 50.9 Å². The third-order valence-electron chi connectivity index (χ3n) is 12.0. The molecule has 0 fully saturated rings. The number of benzene rings is 7. The van der Waals surface area contributed by atoms with Gasteiger partial charge in [0.25, 0.3) is 0 Å². The zero-order valence-electron chi connectivity index (χ0n) is 40.1. The number of pyridine rings is 1. The monoisotopic (exact) mass is 811 g/mol. The Bertz CT molecular complexity index is 3220. The van der Waals surface area contributed by atoms with Gasteiger partial charge in [-0.25, -0.2) is 4.98 Å². The molecule has 9 rings (SSSR count). The molecule has 0 amide bonds. The van der Waals surface area contributed by atoms with Crippen molar-refractivity contribution in [2.45, 2.75) is 65.6 Å². The molecule has 0 radical (unpaired) electrons. The van der Waals surface area contributed by atoms with Crippen LogP contribution in [0.5, 0.6) is 5.75 Å². The maximum absolute atomic E-state index is 12.3. The van der Waals surface area contributed by atoms with Gasteiger partial charge in [0.15, 0.2) is 0 Å². The van der Waals surface area contributed by atoms with Crippen molar-refractivity contribution in [3.05, 3.63) is 204 Å². The number of hydrogen-bond donors (Lipinski definition) is 1. The number of aromatic nitrogens is 3. The maximum atomic E-state index is 12.3. The molecule has 0 aliphatic rings. The molecule has 0 saturated heterocycles. The molecule has 7 aromatic carbocycles. The van der Waals surface area contributed by atoms with Crippen LogP contribution in [0.3, 0.4) is 0 Å². The fraction of sp³-hybridized carbons (Fsp3) is 0.172. The summed E-state index contributed by atoms with van der Waals surface area (Å²) >= 11 is 0. The Morgan fingerprint density at radius 3 is 1.90 bits per heavy atom. The summed E-state index contributed by atoms with van der Waals surface area (Å²) in [4.78, 5) is 10.5. The second-order valence-electron chi connectivity index (χ2n) is 17.5. The number of phenolic OH excluding ortho intramolecular Hbond substituents is 1. The minimum atomic E-state index is -2.42. The predicted octanol–water partition coefficient (Wildman–Crippen LogP) is 15.3. The normalized spacial score (nSPS) is 13.9. The molecular formula is C58H53N3O. The molecule has 1 atom stereocenters. The van der Waals surface area contributed by atoms with Crippen LogP contribution in [-0.4, -0.2) is 19.6 Å². The van der Waals surface area contributed by atoms with E-state index < -0.39 is 12.7 Å². The van der Waals surface area contributed by atoms with Crippen LogP contribution in [0.1, 0.15) is 86.7 Å². The van der Waals surface area contributed by atoms with Crippen molar-refractivity contribution in [3.8, 4) is 67.5 Å². The first-order valence-corrected chi connectivity index (χ1v) is 21.3. The van der Waals surface area contributed by atoms with E-state index in [1.165, 1.54) is 0 Å². The predicted molar refractivity (Wildman–Crippen MR) is 259 cm³/mol. The van der Waals surface area contributed by atoms with Gasteiger partial charge in [0.2, 0.25) is 0 Å². The molecule has 9 aromatic rings. The van der Waals surface area contributed by atoms with E-state index in [0.717, 1.165) is 55.7 Å². The van der Waals surface area contributed by atoms with Gasteiger partial charge in [-0.3, -0.25) is 9.55 Å². The number of para-hydroxylation sites is 2. The minimum Gasteiger partial charge on any atom is -0.507 e. The Kier molecular flexibility index (Phi) is 9.46. The van der Waals surface area contributed by atoms with E-state index in [2.05, 4.69) is 81.7 Å². The largest absolute Gasteiger partial charge is 0.507 e. The Morgan fingerprint density at radius 2 is 1.23 bits per heavy atom. The lowest BCUT2D eigenvalue weighted by Gasteiger charge is -2.24. The number of nitrogens with zero attached hydrogens (tertiary/aromatic N) is 3. The van der Waals surface area contributed by atoms with Crippen LogP contribution in [0.4, 0.5) is 0 Å². The first kappa shape index (κ1) is 35.7. The average Bonchev–Trinajstić information content (AvgIpc) is 3.71. The molecular weight excluding hydrogens is 755 g/mol. The average molecular weight is 812 g/mol. The summed E-state index contributed by atoms with van der Waals surface area (Å²) in [7, 11) is 0. The van der Waals surface area contributed by atoms with Gasteiger partial charge in [0, 0.05) is 39.8 Å². The van der Waals surface area contributed by atoms with E-state index in [-0.39, 0.29) is 22.6 Å². The number of imidazole rings is 1. The molecule has 0 spiro atoms. The van der Waals surface area contributed by atoms with Gasteiger partial charge in [0.1, 0.15) is 11.6 Å². The van der Waals surface area contributed by atoms with Crippen LogP contribution in [0.2, 0.25) is 0 Å². The highest BCUT2D eigenvalue weighted by molar-refractivity contribution is 5.98. The first-order valence-electron chi connectivity index (χ1n) is 23.3. The number of rotatable bonds is 9. The van der Waals surface area contributed by atoms with Gasteiger partial charge in [-0.1, -0.05) is 175 Å². The molecule has 0 bridgehead atoms. The van der Waals surface area contributed by atoms with Crippen LogP contribution in [0.25, 0.3) is 72.7 Å². The Hall–Kier alpha value is -7.04. The Balaban J connectivity index is 1.35. The lowest BCUT2D eigenvalue weighted by molar-refractivity contribution is 0.465. The van der Waals surface area contributed by atoms with E-state index in [0.29, 0.717) is 39.3 Å². The summed E-state index contributed by atoms with van der Waals surface area (Å²) in [6, 6.07) is 55.9. The molecule has 4 heteroatoms. The number of aromatic hydroxyl groups is 1. The molecule has 0 aliphatic carbocycles. The second kappa shape index (κ2) is 16.4. The summed E-state index contributed by atoms with van der Waals surface area (Å²) in [6.45, 7) is 10.2. The van der Waals surface area contributed by atoms with E-state index in [1.807, 2.05) is 128 Å². The number of hydrogen-bond acceptors (Lipinski definition) is 3. The maximum Gasteiger partial charge on any atom is 0.149 e. The highest BCUT2D eigenvalue weighted by Crippen LogP contribution is 2.45. The van der Waals surface area contributed by atoms with Crippen LogP contribution in [-0.2, 0) is 5.41 Å². The molecule has 306 valence electrons. The zero-order valence-corrected chi connectivity index (χ0v) is 36.1. The van der Waals surface area contributed by atoms with Crippen LogP contribution >= 0.6 is 0 Å². The van der Waals surface area contributed by atoms with Crippen molar-refractivity contribution in [2.24, 2.45) is 0 Å². The molecule has 1 N–H and O–H groups in total. The second-order valence-corrected chi connectivity index (χ2v) is 17.5. The number of phenols is 1. The summed E-state index contributed by atoms with van der Waals surface area (Å²) < 4.78 is 38.0. The smallest absolute Gasteiger partial charge is 0.149 e. The van der Waals surface area contributed by atoms with Crippen molar-refractivity contribution in [3.63, 3.8) is 0 Å². The molecule has 2 aromatic heterocycles. The van der Waals surface area contributed by atoms with Crippen molar-refractivity contribution < 1.29 is 10.6 Å². The summed E-state index contributed by atoms with van der Waals surface area (Å²) in [5.41, 5.74) is 12.6. The lowest BCUT2D eigenvalue weighted by Crippen LogP contribution is -2.12. The third kappa shape index (κ3) is 7.62. The fourth-order valence-corrected chi connectivity index (χ4v) is 8.45. The van der Waals surface area contributed by atoms with Gasteiger partial charge < -0.3 is 5.11 Å². The summed E-state index contributed by atoms with van der Waals surface area (Å²) in [6.07, 6.45) is 1.65. The highest BCUT2D eigenvalue weighted by Gasteiger charge is 2.27. The molecule has 4 nitrogen and oxygen atoms in total. The first-order chi connectivity index (χ1) is 31.5. The van der Waals surface area contributed by atoms with Gasteiger partial charge in [-0.15, -0.1) is 0 Å². The van der Waals surface area contributed by atoms with Crippen LogP contribution in [0.15, 0.2) is 176 Å². The van der Waals surface area contributed by atoms with Crippen molar-refractivity contribution in [1.82, 2.24) is 14.5 Å². The fourth-order valence-electron chi connectivity index (χ4n) is 8.45. The Morgan fingerprint density at radius 1 is 0.597 bits per heavy atom. The third-order valence-corrected chi connectivity index (χ3v) is 12.0. The SMILES string of the molecule is [2H]C([2H])([2H])c1cc(-c2cc(-c3cccc4c3nc(-c3cc(C(C)(C)C)cc(C(C)C)c3O)n4-c3ccccc3-c3ccccc3)cc(C([2H])(C)c3ccccc3)c2)ncc1-c1ccccc1. The summed E-state index contributed by atoms with van der Waals surface area (Å²) in [5, 5.41) is 12.3. The number of aryl methyl sites for hydroxylation is 1. The molecule has 0 saturated carbocycles. The van der Waals surface area contributed by atoms with E-state index in [9.17, 15) is 6.48 Å². The molecule has 2 heterocycles. The van der Waals surface area contributed by atoms with E-state index in [4.69, 9.17) is 14.1 Å². The van der Waals surface area contributed by atoms with E-state index >= 15 is 0 Å². The minimum absolute atomic E-state index is 0.0437. The van der Waals surface area contributed by atoms with Crippen molar-refractivity contribution in [2.75, 3.05) is 0 Å².